The average Bonchev–Trinajstić information content (AvgIpc) is 2.86. The Labute approximate surface area is 147 Å². The molecule has 0 aliphatic heterocycles. The van der Waals surface area contributed by atoms with Crippen LogP contribution in [0.4, 0.5) is 0 Å². The first kappa shape index (κ1) is 19.1. The molecule has 24 heavy (non-hydrogen) atoms. The highest BCUT2D eigenvalue weighted by molar-refractivity contribution is 7.99. The van der Waals surface area contributed by atoms with Gasteiger partial charge in [-0.2, -0.15) is 0 Å². The maximum absolute atomic E-state index is 12.3. The summed E-state index contributed by atoms with van der Waals surface area (Å²) >= 11 is 1.26. The fraction of sp³-hybridized carbons (Fsp3) is 0.824. The second-order valence-corrected chi connectivity index (χ2v) is 8.05. The number of ether oxygens (including phenoxy) is 1. The number of nitrogens with one attached hydrogen (secondary N) is 1. The van der Waals surface area contributed by atoms with Crippen molar-refractivity contribution in [2.24, 2.45) is 17.8 Å². The van der Waals surface area contributed by atoms with Crippen molar-refractivity contribution in [2.45, 2.75) is 71.2 Å². The molecule has 0 saturated heterocycles. The minimum atomic E-state index is -0.228. The van der Waals surface area contributed by atoms with Crippen LogP contribution in [0.25, 0.3) is 0 Å². The van der Waals surface area contributed by atoms with Crippen LogP contribution < -0.4 is 5.69 Å². The van der Waals surface area contributed by atoms with E-state index in [1.165, 1.54) is 18.2 Å². The topological polar surface area (TPSA) is 77.0 Å². The number of esters is 1. The van der Waals surface area contributed by atoms with Gasteiger partial charge in [0.2, 0.25) is 0 Å². The van der Waals surface area contributed by atoms with Gasteiger partial charge in [0.25, 0.3) is 0 Å². The standard InChI is InChI=1S/C17H29N3O3S/c1-5-8-20-16(22)18-19-17(20)24-10-15(21)23-14-9-12(4)6-7-13(14)11(2)3/h11-14H,5-10H2,1-4H3,(H,18,22)/t12-,13+,14+/m0/s1. The van der Waals surface area contributed by atoms with Gasteiger partial charge in [-0.1, -0.05) is 45.9 Å². The number of nitrogens with zero attached hydrogens (tertiary/aromatic N) is 2. The van der Waals surface area contributed by atoms with Gasteiger partial charge in [0, 0.05) is 6.54 Å². The van der Waals surface area contributed by atoms with Gasteiger partial charge < -0.3 is 4.74 Å². The third kappa shape index (κ3) is 4.88. The van der Waals surface area contributed by atoms with Crippen molar-refractivity contribution in [3.8, 4) is 0 Å². The van der Waals surface area contributed by atoms with Crippen molar-refractivity contribution in [3.63, 3.8) is 0 Å². The van der Waals surface area contributed by atoms with E-state index in [0.29, 0.717) is 29.5 Å². The van der Waals surface area contributed by atoms with E-state index in [4.69, 9.17) is 4.74 Å². The van der Waals surface area contributed by atoms with Crippen LogP contribution in [0, 0.1) is 17.8 Å². The molecule has 1 N–H and O–H groups in total. The molecule has 6 nitrogen and oxygen atoms in total. The summed E-state index contributed by atoms with van der Waals surface area (Å²) in [5.41, 5.74) is -0.228. The van der Waals surface area contributed by atoms with Crippen LogP contribution in [-0.2, 0) is 16.1 Å². The Morgan fingerprint density at radius 1 is 1.46 bits per heavy atom. The zero-order valence-corrected chi connectivity index (χ0v) is 15.9. The molecule has 0 spiro atoms. The molecule has 2 rings (SSSR count). The molecule has 1 aliphatic rings. The Kier molecular flexibility index (Phi) is 6.95. The van der Waals surface area contributed by atoms with E-state index in [0.717, 1.165) is 19.3 Å². The third-order valence-electron chi connectivity index (χ3n) is 4.73. The zero-order valence-electron chi connectivity index (χ0n) is 15.1. The highest BCUT2D eigenvalue weighted by Crippen LogP contribution is 2.35. The van der Waals surface area contributed by atoms with Gasteiger partial charge >= 0.3 is 11.7 Å². The van der Waals surface area contributed by atoms with E-state index in [9.17, 15) is 9.59 Å². The number of hydrogen-bond acceptors (Lipinski definition) is 5. The van der Waals surface area contributed by atoms with Gasteiger partial charge in [-0.25, -0.2) is 9.89 Å². The minimum absolute atomic E-state index is 0.0128. The first-order chi connectivity index (χ1) is 11.4. The number of thioether (sulfide) groups is 1. The summed E-state index contributed by atoms with van der Waals surface area (Å²) in [7, 11) is 0. The minimum Gasteiger partial charge on any atom is -0.461 e. The molecular weight excluding hydrogens is 326 g/mol. The Bertz CT molecular complexity index is 596. The van der Waals surface area contributed by atoms with Crippen LogP contribution in [0.5, 0.6) is 0 Å². The van der Waals surface area contributed by atoms with Crippen molar-refractivity contribution in [1.29, 1.82) is 0 Å². The van der Waals surface area contributed by atoms with E-state index in [1.807, 2.05) is 6.92 Å². The van der Waals surface area contributed by atoms with E-state index >= 15 is 0 Å². The first-order valence-corrected chi connectivity index (χ1v) is 9.88. The van der Waals surface area contributed by atoms with Crippen molar-refractivity contribution >= 4 is 17.7 Å². The summed E-state index contributed by atoms with van der Waals surface area (Å²) < 4.78 is 7.35. The Hall–Kier alpha value is -1.24. The molecule has 136 valence electrons. The molecule has 1 heterocycles. The Morgan fingerprint density at radius 3 is 2.88 bits per heavy atom. The first-order valence-electron chi connectivity index (χ1n) is 8.89. The van der Waals surface area contributed by atoms with Crippen LogP contribution >= 0.6 is 11.8 Å². The normalized spacial score (nSPS) is 24.3. The van der Waals surface area contributed by atoms with Crippen LogP contribution in [-0.4, -0.2) is 32.6 Å². The third-order valence-corrected chi connectivity index (χ3v) is 5.68. The molecular formula is C17H29N3O3S. The lowest BCUT2D eigenvalue weighted by atomic mass is 9.75. The number of aromatic amines is 1. The smallest absolute Gasteiger partial charge is 0.343 e. The van der Waals surface area contributed by atoms with Gasteiger partial charge in [-0.3, -0.25) is 9.36 Å². The molecule has 0 unspecified atom stereocenters. The molecule has 1 aromatic rings. The maximum atomic E-state index is 12.3. The number of rotatable bonds is 7. The lowest BCUT2D eigenvalue weighted by Gasteiger charge is -2.36. The molecule has 1 aromatic heterocycles. The summed E-state index contributed by atoms with van der Waals surface area (Å²) in [5, 5.41) is 6.98. The lowest BCUT2D eigenvalue weighted by molar-refractivity contribution is -0.152. The molecule has 1 aliphatic carbocycles. The summed E-state index contributed by atoms with van der Waals surface area (Å²) in [5.74, 6) is 1.53. The molecule has 3 atom stereocenters. The highest BCUT2D eigenvalue weighted by atomic mass is 32.2. The van der Waals surface area contributed by atoms with Crippen molar-refractivity contribution in [3.05, 3.63) is 10.5 Å². The quantitative estimate of drug-likeness (QED) is 0.601. The molecule has 1 saturated carbocycles. The summed E-state index contributed by atoms with van der Waals surface area (Å²) in [6.07, 6.45) is 4.14. The molecule has 0 amide bonds. The molecule has 1 fully saturated rings. The number of hydrogen-bond donors (Lipinski definition) is 1. The van der Waals surface area contributed by atoms with Crippen LogP contribution in [0.1, 0.15) is 53.4 Å². The number of carbonyl (C=O) groups excluding carboxylic acids is 1. The predicted octanol–water partition coefficient (Wildman–Crippen LogP) is 3.08. The summed E-state index contributed by atoms with van der Waals surface area (Å²) in [6, 6.07) is 0. The second-order valence-electron chi connectivity index (χ2n) is 7.11. The zero-order chi connectivity index (χ0) is 17.7. The summed E-state index contributed by atoms with van der Waals surface area (Å²) in [6.45, 7) is 9.22. The van der Waals surface area contributed by atoms with Gasteiger partial charge in [-0.05, 0) is 37.0 Å². The monoisotopic (exact) mass is 355 g/mol. The molecule has 0 aromatic carbocycles. The molecule has 0 radical (unpaired) electrons. The average molecular weight is 356 g/mol. The molecule has 0 bridgehead atoms. The maximum Gasteiger partial charge on any atom is 0.343 e. The largest absolute Gasteiger partial charge is 0.461 e. The van der Waals surface area contributed by atoms with Crippen molar-refractivity contribution < 1.29 is 9.53 Å². The second kappa shape index (κ2) is 8.74. The number of H-pyrrole nitrogens is 1. The van der Waals surface area contributed by atoms with Crippen LogP contribution in [0.15, 0.2) is 9.95 Å². The van der Waals surface area contributed by atoms with Crippen molar-refractivity contribution in [2.75, 3.05) is 5.75 Å². The predicted molar refractivity (Wildman–Crippen MR) is 95.1 cm³/mol. The summed E-state index contributed by atoms with van der Waals surface area (Å²) in [4.78, 5) is 23.9. The molecule has 7 heteroatoms. The number of carbonyl (C=O) groups is 1. The SMILES string of the molecule is CCCn1c(SCC(=O)O[C@@H]2C[C@@H](C)CC[C@@H]2C(C)C)n[nH]c1=O. The Balaban J connectivity index is 1.91. The van der Waals surface area contributed by atoms with Gasteiger partial charge in [0.1, 0.15) is 6.10 Å². The fourth-order valence-corrected chi connectivity index (χ4v) is 4.17. The van der Waals surface area contributed by atoms with Gasteiger partial charge in [0.05, 0.1) is 5.75 Å². The van der Waals surface area contributed by atoms with Crippen LogP contribution in [0.3, 0.4) is 0 Å². The Morgan fingerprint density at radius 2 is 2.21 bits per heavy atom. The number of aromatic nitrogens is 3. The highest BCUT2D eigenvalue weighted by Gasteiger charge is 2.33. The van der Waals surface area contributed by atoms with E-state index in [1.54, 1.807) is 4.57 Å². The van der Waals surface area contributed by atoms with E-state index < -0.39 is 0 Å². The van der Waals surface area contributed by atoms with Crippen molar-refractivity contribution in [1.82, 2.24) is 14.8 Å². The fourth-order valence-electron chi connectivity index (χ4n) is 3.41. The lowest BCUT2D eigenvalue weighted by Crippen LogP contribution is -2.36. The van der Waals surface area contributed by atoms with Crippen LogP contribution in [0.2, 0.25) is 0 Å². The van der Waals surface area contributed by atoms with E-state index in [2.05, 4.69) is 31.0 Å². The van der Waals surface area contributed by atoms with Gasteiger partial charge in [-0.15, -0.1) is 5.10 Å². The van der Waals surface area contributed by atoms with E-state index in [-0.39, 0.29) is 23.5 Å². The van der Waals surface area contributed by atoms with Gasteiger partial charge in [0.15, 0.2) is 5.16 Å².